The molecule has 1 rings (SSSR count). The third-order valence-corrected chi connectivity index (χ3v) is 3.16. The molecule has 0 radical (unpaired) electrons. The molecular weight excluding hydrogens is 276 g/mol. The predicted octanol–water partition coefficient (Wildman–Crippen LogP) is 2.24. The summed E-state index contributed by atoms with van der Waals surface area (Å²) in [4.78, 5) is 13.6. The molecule has 1 atom stereocenters. The Bertz CT molecular complexity index is 424. The number of para-hydroxylation sites is 1. The molecule has 2 N–H and O–H groups in total. The Morgan fingerprint density at radius 3 is 2.50 bits per heavy atom. The lowest BCUT2D eigenvalue weighted by Crippen LogP contribution is -2.46. The largest absolute Gasteiger partial charge is 0.491 e. The Labute approximate surface area is 127 Å². The van der Waals surface area contributed by atoms with E-state index in [4.69, 9.17) is 10.5 Å². The van der Waals surface area contributed by atoms with Crippen molar-refractivity contribution in [2.45, 2.75) is 26.8 Å². The monoisotopic (exact) mass is 300 g/mol. The third-order valence-electron chi connectivity index (χ3n) is 3.16. The fraction of sp³-hybridized carbons (Fsp3) is 0.533. The number of nitrogens with zero attached hydrogens (tertiary/aromatic N) is 1. The van der Waals surface area contributed by atoms with Crippen LogP contribution < -0.4 is 10.5 Å². The zero-order chi connectivity index (χ0) is 14.4. The van der Waals surface area contributed by atoms with E-state index >= 15 is 0 Å². The van der Waals surface area contributed by atoms with Crippen LogP contribution in [0.15, 0.2) is 24.3 Å². The van der Waals surface area contributed by atoms with Crippen molar-refractivity contribution in [1.82, 2.24) is 4.90 Å². The molecule has 0 saturated heterocycles. The summed E-state index contributed by atoms with van der Waals surface area (Å²) in [5, 5.41) is 0. The summed E-state index contributed by atoms with van der Waals surface area (Å²) in [6, 6.07) is 7.39. The number of aryl methyl sites for hydroxylation is 1. The number of likely N-dealkylation sites (N-methyl/N-ethyl adjacent to an activating group) is 1. The van der Waals surface area contributed by atoms with Gasteiger partial charge in [-0.25, -0.2) is 0 Å². The van der Waals surface area contributed by atoms with Crippen LogP contribution in [0.4, 0.5) is 0 Å². The molecule has 0 bridgehead atoms. The molecule has 0 aromatic heterocycles. The van der Waals surface area contributed by atoms with Gasteiger partial charge in [-0.15, -0.1) is 12.4 Å². The number of ether oxygens (including phenoxy) is 1. The van der Waals surface area contributed by atoms with Crippen molar-refractivity contribution in [1.29, 1.82) is 0 Å². The van der Waals surface area contributed by atoms with E-state index in [-0.39, 0.29) is 24.2 Å². The van der Waals surface area contributed by atoms with Crippen molar-refractivity contribution in [2.75, 3.05) is 20.2 Å². The minimum Gasteiger partial charge on any atom is -0.491 e. The van der Waals surface area contributed by atoms with E-state index in [1.165, 1.54) is 0 Å². The quantitative estimate of drug-likeness (QED) is 0.876. The van der Waals surface area contributed by atoms with Crippen molar-refractivity contribution < 1.29 is 9.53 Å². The van der Waals surface area contributed by atoms with Crippen LogP contribution in [0.1, 0.15) is 19.4 Å². The van der Waals surface area contributed by atoms with E-state index in [0.717, 1.165) is 11.3 Å². The van der Waals surface area contributed by atoms with E-state index < -0.39 is 6.04 Å². The van der Waals surface area contributed by atoms with Crippen LogP contribution in [0.2, 0.25) is 0 Å². The molecule has 20 heavy (non-hydrogen) atoms. The molecule has 5 heteroatoms. The van der Waals surface area contributed by atoms with E-state index in [1.807, 2.05) is 45.0 Å². The number of rotatable bonds is 6. The first kappa shape index (κ1) is 18.7. The predicted molar refractivity (Wildman–Crippen MR) is 84.4 cm³/mol. The summed E-state index contributed by atoms with van der Waals surface area (Å²) in [5.74, 6) is 0.965. The number of carbonyl (C=O) groups excluding carboxylic acids is 1. The van der Waals surface area contributed by atoms with Gasteiger partial charge in [-0.2, -0.15) is 0 Å². The highest BCUT2D eigenvalue weighted by Crippen LogP contribution is 2.15. The summed E-state index contributed by atoms with van der Waals surface area (Å²) in [7, 11) is 1.76. The maximum absolute atomic E-state index is 11.9. The van der Waals surface area contributed by atoms with Crippen LogP contribution in [-0.2, 0) is 4.79 Å². The zero-order valence-corrected chi connectivity index (χ0v) is 13.4. The molecule has 0 heterocycles. The fourth-order valence-electron chi connectivity index (χ4n) is 1.66. The average molecular weight is 301 g/mol. The van der Waals surface area contributed by atoms with Crippen molar-refractivity contribution in [2.24, 2.45) is 11.7 Å². The Morgan fingerprint density at radius 1 is 1.35 bits per heavy atom. The van der Waals surface area contributed by atoms with E-state index in [9.17, 15) is 4.79 Å². The molecule has 1 amide bonds. The third kappa shape index (κ3) is 5.39. The highest BCUT2D eigenvalue weighted by atomic mass is 35.5. The Hall–Kier alpha value is -1.26. The smallest absolute Gasteiger partial charge is 0.239 e. The lowest BCUT2D eigenvalue weighted by atomic mass is 10.0. The van der Waals surface area contributed by atoms with Crippen LogP contribution in [0.5, 0.6) is 5.75 Å². The van der Waals surface area contributed by atoms with Crippen molar-refractivity contribution in [3.63, 3.8) is 0 Å². The maximum Gasteiger partial charge on any atom is 0.239 e. The van der Waals surface area contributed by atoms with Crippen LogP contribution in [0.25, 0.3) is 0 Å². The van der Waals surface area contributed by atoms with Gasteiger partial charge < -0.3 is 15.4 Å². The normalized spacial score (nSPS) is 11.7. The molecule has 0 aliphatic carbocycles. The van der Waals surface area contributed by atoms with Gasteiger partial charge in [0, 0.05) is 7.05 Å². The number of carbonyl (C=O) groups is 1. The Kier molecular flexibility index (Phi) is 8.26. The maximum atomic E-state index is 11.9. The highest BCUT2D eigenvalue weighted by molar-refractivity contribution is 5.85. The van der Waals surface area contributed by atoms with Gasteiger partial charge in [0.1, 0.15) is 12.4 Å². The first-order valence-electron chi connectivity index (χ1n) is 6.62. The van der Waals surface area contributed by atoms with Gasteiger partial charge in [0.25, 0.3) is 0 Å². The van der Waals surface area contributed by atoms with Crippen molar-refractivity contribution in [3.05, 3.63) is 29.8 Å². The molecular formula is C15H25ClN2O2. The van der Waals surface area contributed by atoms with Gasteiger partial charge in [0.05, 0.1) is 12.6 Å². The van der Waals surface area contributed by atoms with Gasteiger partial charge in [0.2, 0.25) is 5.91 Å². The average Bonchev–Trinajstić information content (AvgIpc) is 2.38. The van der Waals surface area contributed by atoms with Gasteiger partial charge >= 0.3 is 0 Å². The highest BCUT2D eigenvalue weighted by Gasteiger charge is 2.20. The van der Waals surface area contributed by atoms with Gasteiger partial charge in [-0.05, 0) is 24.5 Å². The lowest BCUT2D eigenvalue weighted by Gasteiger charge is -2.23. The second kappa shape index (κ2) is 8.82. The molecule has 0 spiro atoms. The molecule has 1 aromatic rings. The zero-order valence-electron chi connectivity index (χ0n) is 12.6. The number of hydrogen-bond donors (Lipinski definition) is 1. The number of hydrogen-bond acceptors (Lipinski definition) is 3. The SMILES string of the molecule is Cc1ccccc1OCCN(C)C(=O)C(N)C(C)C.Cl. The van der Waals surface area contributed by atoms with Gasteiger partial charge in [-0.1, -0.05) is 32.0 Å². The molecule has 1 aromatic carbocycles. The molecule has 0 fully saturated rings. The summed E-state index contributed by atoms with van der Waals surface area (Å²) >= 11 is 0. The fourth-order valence-corrected chi connectivity index (χ4v) is 1.66. The topological polar surface area (TPSA) is 55.6 Å². The summed E-state index contributed by atoms with van der Waals surface area (Å²) < 4.78 is 5.66. The van der Waals surface area contributed by atoms with Crippen LogP contribution in [0, 0.1) is 12.8 Å². The molecule has 0 aliphatic rings. The molecule has 1 unspecified atom stereocenters. The standard InChI is InChI=1S/C15H24N2O2.ClH/c1-11(2)14(16)15(18)17(4)9-10-19-13-8-6-5-7-12(13)3;/h5-8,11,14H,9-10,16H2,1-4H3;1H. The minimum atomic E-state index is -0.441. The second-order valence-corrected chi connectivity index (χ2v) is 5.14. The second-order valence-electron chi connectivity index (χ2n) is 5.14. The number of halogens is 1. The number of amides is 1. The van der Waals surface area contributed by atoms with Crippen LogP contribution in [0.3, 0.4) is 0 Å². The van der Waals surface area contributed by atoms with E-state index in [1.54, 1.807) is 11.9 Å². The summed E-state index contributed by atoms with van der Waals surface area (Å²) in [6.07, 6.45) is 0. The van der Waals surface area contributed by atoms with Crippen molar-refractivity contribution in [3.8, 4) is 5.75 Å². The number of benzene rings is 1. The van der Waals surface area contributed by atoms with Crippen molar-refractivity contribution >= 4 is 18.3 Å². The molecule has 4 nitrogen and oxygen atoms in total. The van der Waals surface area contributed by atoms with Crippen LogP contribution in [-0.4, -0.2) is 37.0 Å². The first-order valence-corrected chi connectivity index (χ1v) is 6.62. The lowest BCUT2D eigenvalue weighted by molar-refractivity contribution is -0.132. The molecule has 114 valence electrons. The Morgan fingerprint density at radius 2 is 1.95 bits per heavy atom. The van der Waals surface area contributed by atoms with Gasteiger partial charge in [-0.3, -0.25) is 4.79 Å². The van der Waals surface area contributed by atoms with E-state index in [0.29, 0.717) is 13.2 Å². The molecule has 0 aliphatic heterocycles. The van der Waals surface area contributed by atoms with Gasteiger partial charge in [0.15, 0.2) is 0 Å². The first-order chi connectivity index (χ1) is 8.93. The minimum absolute atomic E-state index is 0. The Balaban J connectivity index is 0.00000361. The molecule has 0 saturated carbocycles. The van der Waals surface area contributed by atoms with Crippen LogP contribution >= 0.6 is 12.4 Å². The van der Waals surface area contributed by atoms with E-state index in [2.05, 4.69) is 0 Å². The number of nitrogens with two attached hydrogens (primary N) is 1. The summed E-state index contributed by atoms with van der Waals surface area (Å²) in [5.41, 5.74) is 6.93. The summed E-state index contributed by atoms with van der Waals surface area (Å²) in [6.45, 7) is 6.89.